The average Bonchev–Trinajstić information content (AvgIpc) is 2.60. The van der Waals surface area contributed by atoms with Gasteiger partial charge in [0.1, 0.15) is 12.4 Å². The molecular weight excluding hydrogens is 469 g/mol. The minimum atomic E-state index is -0.368. The summed E-state index contributed by atoms with van der Waals surface area (Å²) < 4.78 is 26.0. The van der Waals surface area contributed by atoms with Gasteiger partial charge in [-0.3, -0.25) is 0 Å². The lowest BCUT2D eigenvalue weighted by atomic mass is 9.82. The molecule has 166 valence electrons. The van der Waals surface area contributed by atoms with Gasteiger partial charge < -0.3 is 14.8 Å². The summed E-state index contributed by atoms with van der Waals surface area (Å²) in [5.74, 6) is 0.916. The number of ether oxygens (including phenoxy) is 2. The van der Waals surface area contributed by atoms with Crippen LogP contribution >= 0.6 is 27.5 Å². The molecule has 0 radical (unpaired) electrons. The lowest BCUT2D eigenvalue weighted by molar-refractivity contribution is 0.240. The monoisotopic (exact) mass is 499 g/mol. The van der Waals surface area contributed by atoms with Crippen LogP contribution in [-0.2, 0) is 13.2 Å². The van der Waals surface area contributed by atoms with E-state index < -0.39 is 0 Å². The smallest absolute Gasteiger partial charge is 0.162 e. The molecule has 0 amide bonds. The third-order valence-corrected chi connectivity index (χ3v) is 5.63. The fraction of sp³-hybridized carbons (Fsp3) is 0.500. The molecule has 30 heavy (non-hydrogen) atoms. The van der Waals surface area contributed by atoms with E-state index in [9.17, 15) is 4.39 Å². The van der Waals surface area contributed by atoms with Gasteiger partial charge in [0.2, 0.25) is 0 Å². The van der Waals surface area contributed by atoms with Crippen molar-refractivity contribution in [1.29, 1.82) is 0 Å². The van der Waals surface area contributed by atoms with Crippen molar-refractivity contribution in [2.24, 2.45) is 5.41 Å². The number of hydrogen-bond donors (Lipinski definition) is 1. The van der Waals surface area contributed by atoms with E-state index in [1.165, 1.54) is 12.1 Å². The Balaban J connectivity index is 2.16. The third kappa shape index (κ3) is 7.75. The molecule has 3 nitrogen and oxygen atoms in total. The molecule has 2 aromatic carbocycles. The molecule has 0 spiro atoms. The molecule has 0 unspecified atom stereocenters. The molecule has 0 saturated carbocycles. The zero-order valence-corrected chi connectivity index (χ0v) is 21.0. The standard InChI is InChI=1S/C24H32BrClFNO2/c1-7-29-21-10-17(13-28-24(5,6)15-23(2,3)4)19(25)12-22(21)30-14-16-8-9-18(27)11-20(16)26/h8-12,28H,7,13-15H2,1-6H3. The van der Waals surface area contributed by atoms with E-state index in [1.807, 2.05) is 19.1 Å². The predicted octanol–water partition coefficient (Wildman–Crippen LogP) is 7.52. The summed E-state index contributed by atoms with van der Waals surface area (Å²) in [5, 5.41) is 3.99. The highest BCUT2D eigenvalue weighted by atomic mass is 79.9. The Morgan fingerprint density at radius 3 is 2.27 bits per heavy atom. The Labute approximate surface area is 193 Å². The van der Waals surface area contributed by atoms with Crippen molar-refractivity contribution in [2.45, 2.75) is 66.7 Å². The number of rotatable bonds is 9. The van der Waals surface area contributed by atoms with Crippen LogP contribution in [-0.4, -0.2) is 12.1 Å². The van der Waals surface area contributed by atoms with Gasteiger partial charge in [0.25, 0.3) is 0 Å². The first-order valence-electron chi connectivity index (χ1n) is 10.2. The van der Waals surface area contributed by atoms with Crippen molar-refractivity contribution in [3.05, 3.63) is 56.8 Å². The van der Waals surface area contributed by atoms with E-state index in [4.69, 9.17) is 21.1 Å². The van der Waals surface area contributed by atoms with Crippen LogP contribution in [0.1, 0.15) is 59.1 Å². The van der Waals surface area contributed by atoms with Crippen molar-refractivity contribution >= 4 is 27.5 Å². The molecule has 2 aromatic rings. The molecule has 0 atom stereocenters. The van der Waals surface area contributed by atoms with Gasteiger partial charge in [0, 0.05) is 22.1 Å². The van der Waals surface area contributed by atoms with Crippen molar-refractivity contribution in [1.82, 2.24) is 5.32 Å². The first-order chi connectivity index (χ1) is 13.9. The number of benzene rings is 2. The highest BCUT2D eigenvalue weighted by molar-refractivity contribution is 9.10. The minimum Gasteiger partial charge on any atom is -0.490 e. The third-order valence-electron chi connectivity index (χ3n) is 4.54. The molecule has 0 aliphatic heterocycles. The van der Waals surface area contributed by atoms with E-state index in [0.717, 1.165) is 16.5 Å². The van der Waals surface area contributed by atoms with E-state index in [2.05, 4.69) is 55.9 Å². The first-order valence-corrected chi connectivity index (χ1v) is 11.3. The molecule has 1 N–H and O–H groups in total. The zero-order chi connectivity index (χ0) is 22.5. The van der Waals surface area contributed by atoms with Gasteiger partial charge in [-0.1, -0.05) is 54.4 Å². The Morgan fingerprint density at radius 1 is 1.00 bits per heavy atom. The molecule has 0 heterocycles. The fourth-order valence-corrected chi connectivity index (χ4v) is 4.30. The van der Waals surface area contributed by atoms with Crippen molar-refractivity contribution < 1.29 is 13.9 Å². The van der Waals surface area contributed by atoms with E-state index >= 15 is 0 Å². The Hall–Kier alpha value is -1.30. The van der Waals surface area contributed by atoms with Crippen LogP contribution in [0.25, 0.3) is 0 Å². The van der Waals surface area contributed by atoms with E-state index in [0.29, 0.717) is 35.2 Å². The van der Waals surface area contributed by atoms with Crippen LogP contribution < -0.4 is 14.8 Å². The maximum Gasteiger partial charge on any atom is 0.162 e. The maximum atomic E-state index is 13.3. The van der Waals surface area contributed by atoms with Gasteiger partial charge in [-0.05, 0) is 62.4 Å². The summed E-state index contributed by atoms with van der Waals surface area (Å²) >= 11 is 9.77. The molecule has 0 aliphatic rings. The number of nitrogens with one attached hydrogen (secondary N) is 1. The summed E-state index contributed by atoms with van der Waals surface area (Å²) in [6.07, 6.45) is 1.05. The molecule has 2 rings (SSSR count). The minimum absolute atomic E-state index is 0.00201. The maximum absolute atomic E-state index is 13.3. The van der Waals surface area contributed by atoms with Gasteiger partial charge in [0.05, 0.1) is 11.6 Å². The van der Waals surface area contributed by atoms with E-state index in [1.54, 1.807) is 6.07 Å². The van der Waals surface area contributed by atoms with Crippen LogP contribution in [0.3, 0.4) is 0 Å². The quantitative estimate of drug-likeness (QED) is 0.386. The second-order valence-corrected chi connectivity index (χ2v) is 10.6. The van der Waals surface area contributed by atoms with E-state index in [-0.39, 0.29) is 23.4 Å². The van der Waals surface area contributed by atoms with Crippen LogP contribution in [0.4, 0.5) is 4.39 Å². The van der Waals surface area contributed by atoms with Crippen LogP contribution in [0.2, 0.25) is 5.02 Å². The first kappa shape index (κ1) is 25.0. The SMILES string of the molecule is CCOc1cc(CNC(C)(C)CC(C)(C)C)c(Br)cc1OCc1ccc(F)cc1Cl. The molecule has 0 aromatic heterocycles. The normalized spacial score (nSPS) is 12.2. The second kappa shape index (κ2) is 10.3. The molecule has 0 aliphatic carbocycles. The van der Waals surface area contributed by atoms with Crippen molar-refractivity contribution in [2.75, 3.05) is 6.61 Å². The number of hydrogen-bond acceptors (Lipinski definition) is 3. The summed E-state index contributed by atoms with van der Waals surface area (Å²) in [4.78, 5) is 0. The molecule has 6 heteroatoms. The Kier molecular flexibility index (Phi) is 8.60. The number of halogens is 3. The van der Waals surface area contributed by atoms with Gasteiger partial charge in [0.15, 0.2) is 11.5 Å². The Bertz CT molecular complexity index is 865. The summed E-state index contributed by atoms with van der Waals surface area (Å²) in [5.41, 5.74) is 2.04. The van der Waals surface area contributed by atoms with Crippen LogP contribution in [0.5, 0.6) is 11.5 Å². The highest BCUT2D eigenvalue weighted by Crippen LogP contribution is 2.35. The molecule has 0 saturated heterocycles. The topological polar surface area (TPSA) is 30.5 Å². The largest absolute Gasteiger partial charge is 0.490 e. The van der Waals surface area contributed by atoms with Gasteiger partial charge >= 0.3 is 0 Å². The zero-order valence-electron chi connectivity index (χ0n) is 18.7. The summed E-state index contributed by atoms with van der Waals surface area (Å²) in [6.45, 7) is 14.6. The van der Waals surface area contributed by atoms with Gasteiger partial charge in [-0.2, -0.15) is 0 Å². The molecule has 0 fully saturated rings. The molecular formula is C24H32BrClFNO2. The van der Waals surface area contributed by atoms with Crippen molar-refractivity contribution in [3.63, 3.8) is 0 Å². The Morgan fingerprint density at radius 2 is 1.67 bits per heavy atom. The lowest BCUT2D eigenvalue weighted by Crippen LogP contribution is -2.41. The second-order valence-electron chi connectivity index (χ2n) is 9.32. The van der Waals surface area contributed by atoms with Crippen LogP contribution in [0, 0.1) is 11.2 Å². The summed E-state index contributed by atoms with van der Waals surface area (Å²) in [6, 6.07) is 8.19. The van der Waals surface area contributed by atoms with Gasteiger partial charge in [-0.15, -0.1) is 0 Å². The summed E-state index contributed by atoms with van der Waals surface area (Å²) in [7, 11) is 0. The molecule has 0 bridgehead atoms. The fourth-order valence-electron chi connectivity index (χ4n) is 3.61. The average molecular weight is 501 g/mol. The lowest BCUT2D eigenvalue weighted by Gasteiger charge is -2.33. The highest BCUT2D eigenvalue weighted by Gasteiger charge is 2.25. The van der Waals surface area contributed by atoms with Gasteiger partial charge in [-0.25, -0.2) is 4.39 Å². The predicted molar refractivity (Wildman–Crippen MR) is 126 cm³/mol. The van der Waals surface area contributed by atoms with Crippen molar-refractivity contribution in [3.8, 4) is 11.5 Å². The van der Waals surface area contributed by atoms with Crippen LogP contribution in [0.15, 0.2) is 34.8 Å².